The third kappa shape index (κ3) is 18.7. The van der Waals surface area contributed by atoms with Gasteiger partial charge in [-0.3, -0.25) is 28.2 Å². The average Bonchev–Trinajstić information content (AvgIpc) is 1.73. The van der Waals surface area contributed by atoms with Gasteiger partial charge in [0.05, 0.1) is 62.2 Å². The molecule has 17 nitrogen and oxygen atoms in total. The number of fused-ring (bicyclic) bond motifs is 9. The van der Waals surface area contributed by atoms with Crippen molar-refractivity contribution in [1.29, 1.82) is 0 Å². The number of benzene rings is 6. The second-order valence-electron chi connectivity index (χ2n) is 20.0. The molecule has 6 heterocycles. The molecule has 3 aliphatic rings. The molecule has 0 aliphatic carbocycles. The highest BCUT2D eigenvalue weighted by Gasteiger charge is 2.30. The van der Waals surface area contributed by atoms with Gasteiger partial charge in [-0.05, 0) is 201 Å². The van der Waals surface area contributed by atoms with Crippen molar-refractivity contribution in [3.8, 4) is 99.6 Å². The Labute approximate surface area is 572 Å². The number of carbonyl (C=O) groups excluding carboxylic acids is 2. The summed E-state index contributed by atoms with van der Waals surface area (Å²) >= 11 is 16.9. The first-order valence-electron chi connectivity index (χ1n) is 27.6. The Balaban J connectivity index is 0.000000172. The van der Waals surface area contributed by atoms with E-state index in [1.807, 2.05) is 118 Å². The van der Waals surface area contributed by atoms with Crippen LogP contribution in [0.3, 0.4) is 0 Å². The fourth-order valence-corrected chi connectivity index (χ4v) is 11.9. The number of ether oxygens (including phenoxy) is 4. The Kier molecular flexibility index (Phi) is 26.6. The lowest BCUT2D eigenvalue weighted by atomic mass is 10.0. The van der Waals surface area contributed by atoms with Crippen molar-refractivity contribution in [3.63, 3.8) is 0 Å². The number of hydrogen-bond donors (Lipinski definition) is 3. The van der Waals surface area contributed by atoms with Gasteiger partial charge < -0.3 is 29.2 Å². The number of rotatable bonds is 7. The number of aryl methyl sites for hydroxylation is 3. The van der Waals surface area contributed by atoms with E-state index in [9.17, 15) is 18.0 Å². The molecule has 0 bridgehead atoms. The first-order chi connectivity index (χ1) is 43.3. The molecule has 0 saturated carbocycles. The van der Waals surface area contributed by atoms with Crippen LogP contribution in [0.4, 0.5) is 0 Å². The summed E-state index contributed by atoms with van der Waals surface area (Å²) in [6.07, 6.45) is 20.4. The van der Waals surface area contributed by atoms with Crippen molar-refractivity contribution >= 4 is 102 Å². The highest BCUT2D eigenvalue weighted by atomic mass is 79.9. The highest BCUT2D eigenvalue weighted by molar-refractivity contribution is 9.11. The van der Waals surface area contributed by atoms with E-state index in [0.29, 0.717) is 27.6 Å². The van der Waals surface area contributed by atoms with Crippen LogP contribution >= 0.6 is 79.6 Å². The molecule has 472 valence electrons. The lowest BCUT2D eigenvalue weighted by molar-refractivity contribution is 0.111. The van der Waals surface area contributed by atoms with E-state index < -0.39 is 22.3 Å². The van der Waals surface area contributed by atoms with Crippen LogP contribution in [0.2, 0.25) is 0 Å². The monoisotopic (exact) mass is 1570 g/mol. The van der Waals surface area contributed by atoms with Crippen molar-refractivity contribution in [3.05, 3.63) is 190 Å². The van der Waals surface area contributed by atoms with Gasteiger partial charge in [-0.2, -0.15) is 23.7 Å². The Hall–Kier alpha value is -7.76. The maximum atomic E-state index is 11.6. The number of aldehydes is 2. The number of aromatic nitrogens is 6. The molecule has 0 amide bonds. The molecule has 6 aromatic carbocycles. The Morgan fingerprint density at radius 3 is 1.67 bits per heavy atom. The number of carbonyl (C=O) groups is 2. The Morgan fingerprint density at radius 2 is 1.12 bits per heavy atom. The molecule has 3 aromatic heterocycles. The third-order valence-corrected chi connectivity index (χ3v) is 17.8. The Morgan fingerprint density at radius 1 is 0.637 bits per heavy atom. The molecule has 6 unspecified atom stereocenters. The third-order valence-electron chi connectivity index (χ3n) is 13.2. The van der Waals surface area contributed by atoms with Gasteiger partial charge in [-0.1, -0.05) is 65.8 Å². The number of aliphatic hydroxyl groups is 1. The number of phenols is 1. The van der Waals surface area contributed by atoms with Gasteiger partial charge in [-0.15, -0.1) is 19.3 Å². The van der Waals surface area contributed by atoms with Gasteiger partial charge in [0.25, 0.3) is 10.1 Å². The predicted octanol–water partition coefficient (Wildman–Crippen LogP) is 16.3. The van der Waals surface area contributed by atoms with Gasteiger partial charge in [0.1, 0.15) is 65.0 Å². The summed E-state index contributed by atoms with van der Waals surface area (Å²) in [5.41, 5.74) is 11.6. The van der Waals surface area contributed by atoms with Crippen LogP contribution in [0, 0.1) is 44.0 Å². The fourth-order valence-electron chi connectivity index (χ4n) is 8.65. The summed E-state index contributed by atoms with van der Waals surface area (Å²) in [4.78, 5) is 21.0. The van der Waals surface area contributed by atoms with Crippen LogP contribution < -0.4 is 18.9 Å². The van der Waals surface area contributed by atoms with E-state index in [-0.39, 0.29) is 35.1 Å². The first-order valence-corrected chi connectivity index (χ1v) is 33.0. The second kappa shape index (κ2) is 33.5. The number of H-pyrrole nitrogens is 1. The number of hydrogen-bond acceptors (Lipinski definition) is 14. The van der Waals surface area contributed by atoms with Crippen LogP contribution in [-0.4, -0.2) is 79.3 Å². The van der Waals surface area contributed by atoms with Gasteiger partial charge >= 0.3 is 0 Å². The van der Waals surface area contributed by atoms with Crippen LogP contribution in [0.5, 0.6) is 28.7 Å². The molecule has 6 atom stereocenters. The van der Waals surface area contributed by atoms with Gasteiger partial charge in [0, 0.05) is 53.7 Å². The number of aromatic hydroxyl groups is 1. The molecular weight excluding hydrogens is 1510 g/mol. The van der Waals surface area contributed by atoms with E-state index in [1.165, 1.54) is 19.1 Å². The molecule has 91 heavy (non-hydrogen) atoms. The number of phenolic OH excluding ortho intramolecular Hbond substituents is 1. The zero-order chi connectivity index (χ0) is 66.9. The second-order valence-corrected chi connectivity index (χ2v) is 25.9. The zero-order valence-corrected chi connectivity index (χ0v) is 59.4. The summed E-state index contributed by atoms with van der Waals surface area (Å²) in [6.45, 7) is 12.8. The molecular formula is C68H63Br5N6O11S. The minimum Gasteiger partial charge on any atom is -0.506 e. The van der Waals surface area contributed by atoms with Crippen molar-refractivity contribution < 1.29 is 51.4 Å². The van der Waals surface area contributed by atoms with Crippen LogP contribution in [-0.2, 0) is 28.4 Å². The number of aromatic amines is 1. The highest BCUT2D eigenvalue weighted by Crippen LogP contribution is 2.47. The summed E-state index contributed by atoms with van der Waals surface area (Å²) in [5.74, 6) is 9.90. The molecule has 12 rings (SSSR count). The molecule has 23 heteroatoms. The number of terminal acetylenes is 3. The lowest BCUT2D eigenvalue weighted by Gasteiger charge is -2.24. The van der Waals surface area contributed by atoms with Gasteiger partial charge in [0.2, 0.25) is 0 Å². The fraction of sp³-hybridized carbons (Fsp3) is 0.221. The van der Waals surface area contributed by atoms with E-state index in [4.69, 9.17) is 46.2 Å². The maximum Gasteiger partial charge on any atom is 0.298 e. The number of halogens is 5. The lowest BCUT2D eigenvalue weighted by Crippen LogP contribution is -2.13. The topological polar surface area (TPSA) is 219 Å². The van der Waals surface area contributed by atoms with Crippen LogP contribution in [0.15, 0.2) is 161 Å². The summed E-state index contributed by atoms with van der Waals surface area (Å²) in [7, 11) is 0.162. The largest absolute Gasteiger partial charge is 0.506 e. The first kappa shape index (κ1) is 72.3. The summed E-state index contributed by atoms with van der Waals surface area (Å²) in [5, 5.41) is 33.1. The van der Waals surface area contributed by atoms with Gasteiger partial charge in [-0.25, -0.2) is 0 Å². The molecule has 0 spiro atoms. The van der Waals surface area contributed by atoms with E-state index in [1.54, 1.807) is 62.4 Å². The van der Waals surface area contributed by atoms with E-state index in [2.05, 4.69) is 130 Å². The number of nitrogens with one attached hydrogen (secondary N) is 1. The number of nitrogens with zero attached hydrogens (tertiary/aromatic N) is 5. The van der Waals surface area contributed by atoms with Crippen LogP contribution in [0.25, 0.3) is 33.8 Å². The summed E-state index contributed by atoms with van der Waals surface area (Å²) in [6, 6.07) is 34.6. The van der Waals surface area contributed by atoms with Crippen molar-refractivity contribution in [2.75, 3.05) is 0 Å². The smallest absolute Gasteiger partial charge is 0.298 e. The molecule has 0 saturated heterocycles. The van der Waals surface area contributed by atoms with E-state index in [0.717, 1.165) is 97.5 Å². The van der Waals surface area contributed by atoms with Crippen molar-refractivity contribution in [2.24, 2.45) is 14.1 Å². The Bertz CT molecular complexity index is 4260. The molecule has 0 radical (unpaired) electrons. The maximum absolute atomic E-state index is 11.6. The van der Waals surface area contributed by atoms with Crippen LogP contribution in [0.1, 0.15) is 103 Å². The number of para-hydroxylation sites is 5. The average molecular weight is 1570 g/mol. The molecule has 0 fully saturated rings. The quantitative estimate of drug-likeness (QED) is 0.0768. The zero-order valence-electron chi connectivity index (χ0n) is 50.7. The van der Waals surface area contributed by atoms with Crippen molar-refractivity contribution in [1.82, 2.24) is 29.8 Å². The van der Waals surface area contributed by atoms with Crippen molar-refractivity contribution in [2.45, 2.75) is 90.0 Å². The molecule has 9 aromatic rings. The molecule has 3 aliphatic heterocycles. The SMILES string of the molecule is C#CC(C)O.C#CC(C)OS(=O)(=O)c1ccc(C)cc1.C#CC(C)Oc1c(Br)cccc1C=O.CC1Oc2c(Br)cccc2-c2[nH]ncc21.CC1Oc2c(Br)cccc2-c2c1cnn2C.CC1Oc2c(Br)cccc2-c2nn(C)cc21.O=Cc1cccc(Br)c1O. The molecule has 3 N–H and O–H groups in total. The van der Waals surface area contributed by atoms with Gasteiger partial charge in [0.15, 0.2) is 18.7 Å². The minimum absolute atomic E-state index is 0.00231. The predicted molar refractivity (Wildman–Crippen MR) is 369 cm³/mol. The normalized spacial score (nSPS) is 14.8. The standard InChI is InChI=1S/2C12H11BrN2O.C11H9BrN2O.C11H9BrO2.C11H12O3S.C7H5BrO2.C4H6O/c1-7-9-6-15(2)14-11(9)8-4-3-5-10(13)12(8)16-7;1-7-9-6-14-15(2)11(9)8-4-3-5-10(13)12(8)16-7;1-6-8-5-13-14-10(8)7-3-2-4-9(12)11(7)15-6;1-3-8(2)14-11-9(7-13)5-4-6-10(11)12;1-4-10(3)14-15(12,13)11-7-5-9(2)6-8-11;8-6-3-1-2-5(4-9)7(6)10;1-3-4(2)5/h2*3-7H,1-2H3;2-6H,1H3,(H,13,14);1,4-8H,2H3;1,5-8,10H,2-3H3;1-4,10H;1,4-5H,2H3. The summed E-state index contributed by atoms with van der Waals surface area (Å²) < 4.78 is 58.9. The van der Waals surface area contributed by atoms with E-state index >= 15 is 0 Å². The minimum atomic E-state index is -3.73. The number of aliphatic hydroxyl groups excluding tert-OH is 1.